The van der Waals surface area contributed by atoms with Crippen molar-refractivity contribution in [3.63, 3.8) is 0 Å². The number of rotatable bonds is 5. The summed E-state index contributed by atoms with van der Waals surface area (Å²) in [6.45, 7) is 6.86. The van der Waals surface area contributed by atoms with E-state index in [0.29, 0.717) is 17.6 Å². The number of hydrogen-bond donors (Lipinski definition) is 1. The van der Waals surface area contributed by atoms with Crippen molar-refractivity contribution in [2.24, 2.45) is 5.92 Å². The third-order valence-corrected chi connectivity index (χ3v) is 4.18. The highest BCUT2D eigenvalue weighted by Gasteiger charge is 2.19. The van der Waals surface area contributed by atoms with Gasteiger partial charge in [-0.1, -0.05) is 25.2 Å². The van der Waals surface area contributed by atoms with Gasteiger partial charge in [-0.05, 0) is 31.7 Å². The maximum absolute atomic E-state index is 11.9. The summed E-state index contributed by atoms with van der Waals surface area (Å²) in [6.07, 6.45) is 4.44. The zero-order valence-electron chi connectivity index (χ0n) is 11.7. The summed E-state index contributed by atoms with van der Waals surface area (Å²) in [5.74, 6) is 0.715. The van der Waals surface area contributed by atoms with Crippen LogP contribution < -0.4 is 5.32 Å². The zero-order valence-corrected chi connectivity index (χ0v) is 12.5. The molecule has 2 rings (SSSR count). The van der Waals surface area contributed by atoms with E-state index in [9.17, 15) is 4.79 Å². The van der Waals surface area contributed by atoms with E-state index < -0.39 is 0 Å². The van der Waals surface area contributed by atoms with Gasteiger partial charge >= 0.3 is 0 Å². The topological polar surface area (TPSA) is 58.1 Å². The van der Waals surface area contributed by atoms with E-state index in [1.54, 1.807) is 0 Å². The third kappa shape index (κ3) is 4.54. The Hall–Kier alpha value is -1.01. The SMILES string of the molecule is CCCc1nnc(NC(=O)CN2CCCC(C)C2)s1. The molecule has 1 atom stereocenters. The number of anilines is 1. The van der Waals surface area contributed by atoms with Gasteiger partial charge in [-0.15, -0.1) is 10.2 Å². The van der Waals surface area contributed by atoms with E-state index in [-0.39, 0.29) is 5.91 Å². The summed E-state index contributed by atoms with van der Waals surface area (Å²) in [4.78, 5) is 14.2. The highest BCUT2D eigenvalue weighted by atomic mass is 32.1. The molecule has 1 N–H and O–H groups in total. The summed E-state index contributed by atoms with van der Waals surface area (Å²) >= 11 is 1.48. The molecule has 1 unspecified atom stereocenters. The van der Waals surface area contributed by atoms with Crippen LogP contribution in [0.25, 0.3) is 0 Å². The monoisotopic (exact) mass is 282 g/mol. The van der Waals surface area contributed by atoms with E-state index in [1.165, 1.54) is 24.2 Å². The first-order chi connectivity index (χ1) is 9.17. The van der Waals surface area contributed by atoms with Crippen LogP contribution in [0.5, 0.6) is 0 Å². The molecule has 6 heteroatoms. The van der Waals surface area contributed by atoms with Crippen LogP contribution >= 0.6 is 11.3 Å². The number of piperidine rings is 1. The Morgan fingerprint density at radius 2 is 2.37 bits per heavy atom. The average Bonchev–Trinajstić information content (AvgIpc) is 2.77. The summed E-state index contributed by atoms with van der Waals surface area (Å²) < 4.78 is 0. The Kier molecular flexibility index (Phi) is 5.27. The van der Waals surface area contributed by atoms with Gasteiger partial charge in [0.25, 0.3) is 0 Å². The summed E-state index contributed by atoms with van der Waals surface area (Å²) in [7, 11) is 0. The smallest absolute Gasteiger partial charge is 0.240 e. The second-order valence-corrected chi connectivity index (χ2v) is 6.34. The van der Waals surface area contributed by atoms with Crippen molar-refractivity contribution < 1.29 is 4.79 Å². The van der Waals surface area contributed by atoms with Crippen LogP contribution in [0.3, 0.4) is 0 Å². The molecule has 1 aliphatic rings. The lowest BCUT2D eigenvalue weighted by molar-refractivity contribution is -0.117. The average molecular weight is 282 g/mol. The number of amides is 1. The first-order valence-electron chi connectivity index (χ1n) is 7.02. The van der Waals surface area contributed by atoms with Crippen LogP contribution in [0.2, 0.25) is 0 Å². The molecular formula is C13H22N4OS. The second kappa shape index (κ2) is 6.96. The summed E-state index contributed by atoms with van der Waals surface area (Å²) in [5.41, 5.74) is 0. The molecule has 1 saturated heterocycles. The Bertz CT molecular complexity index is 421. The molecule has 0 aromatic carbocycles. The number of aryl methyl sites for hydroxylation is 1. The normalized spacial score (nSPS) is 20.4. The fraction of sp³-hybridized carbons (Fsp3) is 0.769. The van der Waals surface area contributed by atoms with Crippen LogP contribution in [0, 0.1) is 5.92 Å². The summed E-state index contributed by atoms with van der Waals surface area (Å²) in [6, 6.07) is 0. The van der Waals surface area contributed by atoms with E-state index in [4.69, 9.17) is 0 Å². The Labute approximate surface area is 118 Å². The molecule has 1 aromatic rings. The number of aromatic nitrogens is 2. The molecule has 1 aliphatic heterocycles. The van der Waals surface area contributed by atoms with Crippen molar-refractivity contribution in [1.29, 1.82) is 0 Å². The number of carbonyl (C=O) groups is 1. The van der Waals surface area contributed by atoms with Gasteiger partial charge in [0.05, 0.1) is 6.54 Å². The van der Waals surface area contributed by atoms with Gasteiger partial charge in [0.15, 0.2) is 0 Å². The molecule has 0 spiro atoms. The minimum Gasteiger partial charge on any atom is -0.299 e. The van der Waals surface area contributed by atoms with Gasteiger partial charge in [0.1, 0.15) is 5.01 Å². The number of carbonyl (C=O) groups excluding carboxylic acids is 1. The first-order valence-corrected chi connectivity index (χ1v) is 7.83. The van der Waals surface area contributed by atoms with Gasteiger partial charge in [-0.2, -0.15) is 0 Å². The predicted octanol–water partition coefficient (Wildman–Crippen LogP) is 2.16. The fourth-order valence-electron chi connectivity index (χ4n) is 2.41. The van der Waals surface area contributed by atoms with Crippen molar-refractivity contribution in [2.45, 2.75) is 39.5 Å². The number of hydrogen-bond acceptors (Lipinski definition) is 5. The van der Waals surface area contributed by atoms with E-state index in [2.05, 4.69) is 34.3 Å². The van der Waals surface area contributed by atoms with E-state index in [1.807, 2.05) is 0 Å². The molecule has 19 heavy (non-hydrogen) atoms. The highest BCUT2D eigenvalue weighted by molar-refractivity contribution is 7.15. The molecule has 106 valence electrons. The minimum atomic E-state index is 0.0216. The van der Waals surface area contributed by atoms with Crippen LogP contribution in [0.1, 0.15) is 38.1 Å². The molecule has 0 saturated carbocycles. The van der Waals surface area contributed by atoms with Crippen molar-refractivity contribution in [2.75, 3.05) is 25.0 Å². The molecule has 5 nitrogen and oxygen atoms in total. The van der Waals surface area contributed by atoms with Gasteiger partial charge in [0.2, 0.25) is 11.0 Å². The van der Waals surface area contributed by atoms with Crippen LogP contribution in [-0.4, -0.2) is 40.6 Å². The first kappa shape index (κ1) is 14.4. The molecule has 1 fully saturated rings. The lowest BCUT2D eigenvalue weighted by Gasteiger charge is -2.29. The molecular weight excluding hydrogens is 260 g/mol. The maximum atomic E-state index is 11.9. The number of nitrogens with one attached hydrogen (secondary N) is 1. The Balaban J connectivity index is 1.79. The number of likely N-dealkylation sites (tertiary alicyclic amines) is 1. The van der Waals surface area contributed by atoms with Gasteiger partial charge in [0, 0.05) is 13.0 Å². The van der Waals surface area contributed by atoms with Crippen molar-refractivity contribution in [3.05, 3.63) is 5.01 Å². The molecule has 1 amide bonds. The van der Waals surface area contributed by atoms with Crippen LogP contribution in [-0.2, 0) is 11.2 Å². The highest BCUT2D eigenvalue weighted by Crippen LogP contribution is 2.17. The Morgan fingerprint density at radius 1 is 1.53 bits per heavy atom. The summed E-state index contributed by atoms with van der Waals surface area (Å²) in [5, 5.41) is 12.5. The zero-order chi connectivity index (χ0) is 13.7. The van der Waals surface area contributed by atoms with E-state index >= 15 is 0 Å². The number of nitrogens with zero attached hydrogens (tertiary/aromatic N) is 3. The second-order valence-electron chi connectivity index (χ2n) is 5.28. The third-order valence-electron chi connectivity index (χ3n) is 3.29. The fourth-order valence-corrected chi connectivity index (χ4v) is 3.27. The minimum absolute atomic E-state index is 0.0216. The largest absolute Gasteiger partial charge is 0.299 e. The maximum Gasteiger partial charge on any atom is 0.240 e. The van der Waals surface area contributed by atoms with Crippen LogP contribution in [0.15, 0.2) is 0 Å². The molecule has 0 bridgehead atoms. The molecule has 0 radical (unpaired) electrons. The van der Waals surface area contributed by atoms with Crippen molar-refractivity contribution in [1.82, 2.24) is 15.1 Å². The van der Waals surface area contributed by atoms with Crippen LogP contribution in [0.4, 0.5) is 5.13 Å². The van der Waals surface area contributed by atoms with Crippen molar-refractivity contribution >= 4 is 22.4 Å². The standard InChI is InChI=1S/C13H22N4OS/c1-3-5-12-15-16-13(19-12)14-11(18)9-17-7-4-6-10(2)8-17/h10H,3-9H2,1-2H3,(H,14,16,18). The van der Waals surface area contributed by atoms with Gasteiger partial charge in [-0.25, -0.2) is 0 Å². The Morgan fingerprint density at radius 3 is 3.11 bits per heavy atom. The lowest BCUT2D eigenvalue weighted by Crippen LogP contribution is -2.39. The van der Waals surface area contributed by atoms with Gasteiger partial charge in [-0.3, -0.25) is 15.0 Å². The van der Waals surface area contributed by atoms with E-state index in [0.717, 1.165) is 30.9 Å². The quantitative estimate of drug-likeness (QED) is 0.899. The lowest BCUT2D eigenvalue weighted by atomic mass is 10.0. The van der Waals surface area contributed by atoms with Gasteiger partial charge < -0.3 is 0 Å². The molecule has 2 heterocycles. The van der Waals surface area contributed by atoms with Crippen molar-refractivity contribution in [3.8, 4) is 0 Å². The predicted molar refractivity (Wildman–Crippen MR) is 77.4 cm³/mol. The molecule has 1 aromatic heterocycles. The molecule has 0 aliphatic carbocycles.